The number of halogens is 3. The monoisotopic (exact) mass is 488 g/mol. The van der Waals surface area contributed by atoms with Crippen molar-refractivity contribution in [2.24, 2.45) is 0 Å². The van der Waals surface area contributed by atoms with Gasteiger partial charge in [-0.05, 0) is 60.7 Å². The number of benzene rings is 3. The van der Waals surface area contributed by atoms with E-state index in [2.05, 4.69) is 10.3 Å². The van der Waals surface area contributed by atoms with Crippen molar-refractivity contribution in [3.63, 3.8) is 0 Å². The highest BCUT2D eigenvalue weighted by molar-refractivity contribution is 7.21. The number of ether oxygens (including phenoxy) is 2. The van der Waals surface area contributed by atoms with Crippen molar-refractivity contribution in [1.29, 1.82) is 0 Å². The van der Waals surface area contributed by atoms with Crippen LogP contribution in [0, 0.1) is 0 Å². The van der Waals surface area contributed by atoms with Crippen molar-refractivity contribution in [3.8, 4) is 22.1 Å². The zero-order chi connectivity index (χ0) is 24.9. The Bertz CT molecular complexity index is 1290. The lowest BCUT2D eigenvalue weighted by Gasteiger charge is -2.14. The van der Waals surface area contributed by atoms with Crippen LogP contribution < -0.4 is 14.8 Å². The van der Waals surface area contributed by atoms with E-state index in [4.69, 9.17) is 9.47 Å². The van der Waals surface area contributed by atoms with Gasteiger partial charge < -0.3 is 14.8 Å². The van der Waals surface area contributed by atoms with Crippen molar-refractivity contribution >= 4 is 33.1 Å². The Balaban J connectivity index is 0.00000158. The molecule has 0 fully saturated rings. The predicted octanol–water partition coefficient (Wildman–Crippen LogP) is 7.28. The van der Waals surface area contributed by atoms with Gasteiger partial charge in [0.2, 0.25) is 0 Å². The van der Waals surface area contributed by atoms with Gasteiger partial charge in [-0.25, -0.2) is 4.98 Å². The molecule has 0 saturated carbocycles. The molecule has 9 heteroatoms. The second kappa shape index (κ2) is 10.6. The molecule has 0 radical (unpaired) electrons. The average molecular weight is 489 g/mol. The van der Waals surface area contributed by atoms with Gasteiger partial charge >= 0.3 is 6.18 Å². The molecule has 178 valence electrons. The molecular formula is C25H23F3N2O3S. The fourth-order valence-corrected chi connectivity index (χ4v) is 4.17. The van der Waals surface area contributed by atoms with E-state index >= 15 is 0 Å². The largest absolute Gasteiger partial charge is 0.497 e. The van der Waals surface area contributed by atoms with Crippen LogP contribution in [-0.4, -0.2) is 25.1 Å². The van der Waals surface area contributed by atoms with Gasteiger partial charge in [0.1, 0.15) is 16.5 Å². The number of thiazole rings is 1. The number of hydrogen-bond donors (Lipinski definition) is 1. The SMILES string of the molecule is CC.COc1ccc(C(=O)Nc2ccc(-c3nc4ccc(OC)cc4s3)c(C(F)(F)F)c2)cc1. The molecular weight excluding hydrogens is 465 g/mol. The third-order valence-corrected chi connectivity index (χ3v) is 5.81. The van der Waals surface area contributed by atoms with Crippen molar-refractivity contribution < 1.29 is 27.4 Å². The minimum absolute atomic E-state index is 0.0321. The van der Waals surface area contributed by atoms with Gasteiger partial charge in [-0.15, -0.1) is 11.3 Å². The van der Waals surface area contributed by atoms with E-state index in [1.165, 1.54) is 38.5 Å². The molecule has 34 heavy (non-hydrogen) atoms. The molecule has 0 spiro atoms. The lowest BCUT2D eigenvalue weighted by atomic mass is 10.1. The fourth-order valence-electron chi connectivity index (χ4n) is 3.14. The summed E-state index contributed by atoms with van der Waals surface area (Å²) in [5, 5.41) is 2.75. The Kier molecular flexibility index (Phi) is 7.78. The molecule has 1 amide bonds. The van der Waals surface area contributed by atoms with E-state index in [-0.39, 0.29) is 16.3 Å². The molecule has 0 aliphatic heterocycles. The van der Waals surface area contributed by atoms with Crippen LogP contribution in [0.15, 0.2) is 60.7 Å². The predicted molar refractivity (Wildman–Crippen MR) is 129 cm³/mol. The smallest absolute Gasteiger partial charge is 0.417 e. The Labute approximate surface area is 199 Å². The number of alkyl halides is 3. The van der Waals surface area contributed by atoms with Gasteiger partial charge in [0.25, 0.3) is 5.91 Å². The summed E-state index contributed by atoms with van der Waals surface area (Å²) in [5.74, 6) is 0.639. The van der Waals surface area contributed by atoms with Crippen LogP contribution in [0.2, 0.25) is 0 Å². The molecule has 0 saturated heterocycles. The maximum Gasteiger partial charge on any atom is 0.417 e. The van der Waals surface area contributed by atoms with Gasteiger partial charge in [-0.3, -0.25) is 4.79 Å². The first-order chi connectivity index (χ1) is 16.3. The van der Waals surface area contributed by atoms with Crippen molar-refractivity contribution in [2.45, 2.75) is 20.0 Å². The number of anilines is 1. The van der Waals surface area contributed by atoms with E-state index in [1.54, 1.807) is 30.3 Å². The molecule has 1 heterocycles. The number of hydrogen-bond acceptors (Lipinski definition) is 5. The third kappa shape index (κ3) is 5.48. The minimum atomic E-state index is -4.63. The first-order valence-corrected chi connectivity index (χ1v) is 11.2. The van der Waals surface area contributed by atoms with E-state index < -0.39 is 17.6 Å². The summed E-state index contributed by atoms with van der Waals surface area (Å²) < 4.78 is 52.5. The highest BCUT2D eigenvalue weighted by atomic mass is 32.1. The molecule has 3 aromatic carbocycles. The Morgan fingerprint density at radius 2 is 1.56 bits per heavy atom. The summed E-state index contributed by atoms with van der Waals surface area (Å²) in [6.45, 7) is 4.00. The molecule has 0 bridgehead atoms. The second-order valence-corrected chi connectivity index (χ2v) is 7.82. The first-order valence-electron chi connectivity index (χ1n) is 10.4. The van der Waals surface area contributed by atoms with Crippen molar-refractivity contribution in [2.75, 3.05) is 19.5 Å². The van der Waals surface area contributed by atoms with Crippen molar-refractivity contribution in [3.05, 3.63) is 71.8 Å². The second-order valence-electron chi connectivity index (χ2n) is 6.79. The summed E-state index contributed by atoms with van der Waals surface area (Å²) in [4.78, 5) is 16.8. The summed E-state index contributed by atoms with van der Waals surface area (Å²) in [5.41, 5.74) is -0.0276. The molecule has 4 rings (SSSR count). The van der Waals surface area contributed by atoms with E-state index in [9.17, 15) is 18.0 Å². The maximum atomic E-state index is 13.9. The normalized spacial score (nSPS) is 10.9. The zero-order valence-corrected chi connectivity index (χ0v) is 19.8. The van der Waals surface area contributed by atoms with Gasteiger partial charge in [0, 0.05) is 16.8 Å². The maximum absolute atomic E-state index is 13.9. The lowest BCUT2D eigenvalue weighted by Crippen LogP contribution is -2.14. The molecule has 1 N–H and O–H groups in total. The van der Waals surface area contributed by atoms with Crippen molar-refractivity contribution in [1.82, 2.24) is 4.98 Å². The fraction of sp³-hybridized carbons (Fsp3) is 0.200. The van der Waals surface area contributed by atoms with Crippen LogP contribution in [0.3, 0.4) is 0 Å². The third-order valence-electron chi connectivity index (χ3n) is 4.76. The number of methoxy groups -OCH3 is 2. The van der Waals surface area contributed by atoms with Crippen LogP contribution in [-0.2, 0) is 6.18 Å². The van der Waals surface area contributed by atoms with Gasteiger partial charge in [-0.1, -0.05) is 13.8 Å². The Morgan fingerprint density at radius 3 is 2.18 bits per heavy atom. The number of nitrogens with one attached hydrogen (secondary N) is 1. The highest BCUT2D eigenvalue weighted by Crippen LogP contribution is 2.41. The van der Waals surface area contributed by atoms with Crippen LogP contribution in [0.25, 0.3) is 20.8 Å². The summed E-state index contributed by atoms with van der Waals surface area (Å²) in [6.07, 6.45) is -4.63. The van der Waals surface area contributed by atoms with Crippen LogP contribution >= 0.6 is 11.3 Å². The number of aromatic nitrogens is 1. The van der Waals surface area contributed by atoms with E-state index in [0.29, 0.717) is 27.3 Å². The number of amides is 1. The van der Waals surface area contributed by atoms with E-state index in [0.717, 1.165) is 17.4 Å². The summed E-state index contributed by atoms with van der Waals surface area (Å²) >= 11 is 1.14. The molecule has 5 nitrogen and oxygen atoms in total. The topological polar surface area (TPSA) is 60.5 Å². The Hall–Kier alpha value is -3.59. The number of carbonyl (C=O) groups is 1. The standard InChI is InChI=1S/C23H17F3N2O3S.C2H6/c1-30-15-6-3-13(4-7-15)21(29)27-14-5-9-17(18(11-14)23(24,25)26)22-28-19-10-8-16(31-2)12-20(19)32-22;1-2/h3-12H,1-2H3,(H,27,29);1-2H3. The van der Waals surface area contributed by atoms with Gasteiger partial charge in [0.05, 0.1) is 30.0 Å². The van der Waals surface area contributed by atoms with Gasteiger partial charge in [-0.2, -0.15) is 13.2 Å². The lowest BCUT2D eigenvalue weighted by molar-refractivity contribution is -0.137. The molecule has 1 aromatic heterocycles. The molecule has 0 aliphatic rings. The number of carbonyl (C=O) groups excluding carboxylic acids is 1. The molecule has 0 unspecified atom stereocenters. The molecule has 0 atom stereocenters. The molecule has 0 aliphatic carbocycles. The van der Waals surface area contributed by atoms with Gasteiger partial charge in [0.15, 0.2) is 0 Å². The highest BCUT2D eigenvalue weighted by Gasteiger charge is 2.35. The Morgan fingerprint density at radius 1 is 0.912 bits per heavy atom. The average Bonchev–Trinajstić information content (AvgIpc) is 3.28. The quantitative estimate of drug-likeness (QED) is 0.321. The molecule has 4 aromatic rings. The number of fused-ring (bicyclic) bond motifs is 1. The number of rotatable bonds is 5. The number of nitrogens with zero attached hydrogens (tertiary/aromatic N) is 1. The van der Waals surface area contributed by atoms with Crippen LogP contribution in [0.4, 0.5) is 18.9 Å². The van der Waals surface area contributed by atoms with Crippen LogP contribution in [0.1, 0.15) is 29.8 Å². The summed E-state index contributed by atoms with van der Waals surface area (Å²) in [7, 11) is 3.01. The van der Waals surface area contributed by atoms with E-state index in [1.807, 2.05) is 13.8 Å². The minimum Gasteiger partial charge on any atom is -0.497 e. The first kappa shape index (κ1) is 25.0. The summed E-state index contributed by atoms with van der Waals surface area (Å²) in [6, 6.07) is 15.1. The zero-order valence-electron chi connectivity index (χ0n) is 19.0. The van der Waals surface area contributed by atoms with Crippen LogP contribution in [0.5, 0.6) is 11.5 Å².